The average molecular weight is 480 g/mol. The van der Waals surface area contributed by atoms with E-state index in [9.17, 15) is 9.59 Å². The molecule has 0 unspecified atom stereocenters. The van der Waals surface area contributed by atoms with Crippen LogP contribution in [0.3, 0.4) is 0 Å². The molecule has 180 valence electrons. The van der Waals surface area contributed by atoms with E-state index in [2.05, 4.69) is 15.6 Å². The van der Waals surface area contributed by atoms with Gasteiger partial charge in [0.15, 0.2) is 0 Å². The maximum atomic E-state index is 12.6. The van der Waals surface area contributed by atoms with Crippen molar-refractivity contribution in [1.82, 2.24) is 15.3 Å². The molecule has 2 N–H and O–H groups in total. The van der Waals surface area contributed by atoms with E-state index in [0.717, 1.165) is 39.5 Å². The van der Waals surface area contributed by atoms with Crippen molar-refractivity contribution in [3.8, 4) is 17.0 Å². The summed E-state index contributed by atoms with van der Waals surface area (Å²) in [7, 11) is 3.39. The molecule has 2 heterocycles. The Bertz CT molecular complexity index is 1420. The average Bonchev–Trinajstić information content (AvgIpc) is 3.02. The molecule has 0 saturated carbocycles. The summed E-state index contributed by atoms with van der Waals surface area (Å²) >= 11 is 0. The molecule has 0 fully saturated rings. The highest BCUT2D eigenvalue weighted by molar-refractivity contribution is 6.01. The summed E-state index contributed by atoms with van der Waals surface area (Å²) in [6.07, 6.45) is 1.93. The van der Waals surface area contributed by atoms with Crippen molar-refractivity contribution < 1.29 is 14.3 Å². The highest BCUT2D eigenvalue weighted by atomic mass is 16.5. The summed E-state index contributed by atoms with van der Waals surface area (Å²) in [5, 5.41) is 6.12. The highest BCUT2D eigenvalue weighted by Crippen LogP contribution is 2.35. The Labute approximate surface area is 209 Å². The fraction of sp³-hybridized carbons (Fsp3) is 0.143. The maximum absolute atomic E-state index is 12.6. The smallest absolute Gasteiger partial charge is 0.251 e. The maximum Gasteiger partial charge on any atom is 0.251 e. The van der Waals surface area contributed by atoms with E-state index in [-0.39, 0.29) is 18.2 Å². The van der Waals surface area contributed by atoms with Crippen molar-refractivity contribution in [2.75, 3.05) is 24.4 Å². The lowest BCUT2D eigenvalue weighted by Crippen LogP contribution is -2.26. The van der Waals surface area contributed by atoms with Gasteiger partial charge in [-0.2, -0.15) is 0 Å². The van der Waals surface area contributed by atoms with E-state index in [1.54, 1.807) is 37.4 Å². The van der Waals surface area contributed by atoms with E-state index in [0.29, 0.717) is 18.1 Å². The van der Waals surface area contributed by atoms with Crippen LogP contribution in [0, 0.1) is 0 Å². The molecule has 1 aromatic heterocycles. The van der Waals surface area contributed by atoms with Gasteiger partial charge in [0.25, 0.3) is 5.91 Å². The monoisotopic (exact) mass is 479 g/mol. The van der Waals surface area contributed by atoms with Crippen LogP contribution in [0.2, 0.25) is 0 Å². The lowest BCUT2D eigenvalue weighted by molar-refractivity contribution is -0.117. The van der Waals surface area contributed by atoms with E-state index in [4.69, 9.17) is 9.72 Å². The number of hydrogen-bond acceptors (Lipinski definition) is 6. The normalized spacial score (nSPS) is 12.3. The van der Waals surface area contributed by atoms with E-state index >= 15 is 0 Å². The molecule has 0 spiro atoms. The fourth-order valence-corrected chi connectivity index (χ4v) is 4.07. The van der Waals surface area contributed by atoms with Gasteiger partial charge in [0.05, 0.1) is 24.9 Å². The first-order chi connectivity index (χ1) is 17.5. The second kappa shape index (κ2) is 9.87. The molecular formula is C28H25N5O3. The second-order valence-corrected chi connectivity index (χ2v) is 8.45. The van der Waals surface area contributed by atoms with Crippen LogP contribution in [0.15, 0.2) is 79.0 Å². The summed E-state index contributed by atoms with van der Waals surface area (Å²) in [6, 6.07) is 22.4. The molecule has 5 rings (SSSR count). The number of anilines is 3. The molecule has 0 bridgehead atoms. The van der Waals surface area contributed by atoms with Gasteiger partial charge >= 0.3 is 0 Å². The molecule has 0 saturated heterocycles. The number of aromatic nitrogens is 2. The van der Waals surface area contributed by atoms with Crippen molar-refractivity contribution in [3.63, 3.8) is 0 Å². The number of rotatable bonds is 6. The number of ether oxygens (including phenoxy) is 1. The van der Waals surface area contributed by atoms with Crippen LogP contribution in [0.4, 0.5) is 17.3 Å². The SMILES string of the molecule is COc1ccc(CNC(=O)c2ccc(Nc3ncc4c(n3)-c3ccccc3N(C)C(=O)C4)cc2)cc1. The third kappa shape index (κ3) is 4.74. The van der Waals surface area contributed by atoms with Gasteiger partial charge < -0.3 is 20.3 Å². The second-order valence-electron chi connectivity index (χ2n) is 8.45. The predicted molar refractivity (Wildman–Crippen MR) is 138 cm³/mol. The van der Waals surface area contributed by atoms with Crippen molar-refractivity contribution in [1.29, 1.82) is 0 Å². The summed E-state index contributed by atoms with van der Waals surface area (Å²) in [5.41, 5.74) is 5.49. The number of fused-ring (bicyclic) bond motifs is 3. The summed E-state index contributed by atoms with van der Waals surface area (Å²) in [6.45, 7) is 0.422. The zero-order valence-electron chi connectivity index (χ0n) is 20.0. The molecule has 2 amide bonds. The first-order valence-electron chi connectivity index (χ1n) is 11.5. The van der Waals surface area contributed by atoms with Crippen molar-refractivity contribution >= 4 is 29.1 Å². The summed E-state index contributed by atoms with van der Waals surface area (Å²) in [4.78, 5) is 35.9. The minimum Gasteiger partial charge on any atom is -0.497 e. The van der Waals surface area contributed by atoms with Crippen LogP contribution in [0.25, 0.3) is 11.3 Å². The third-order valence-electron chi connectivity index (χ3n) is 6.12. The Morgan fingerprint density at radius 2 is 1.78 bits per heavy atom. The van der Waals surface area contributed by atoms with Gasteiger partial charge in [0.1, 0.15) is 5.75 Å². The van der Waals surface area contributed by atoms with Crippen molar-refractivity contribution in [2.24, 2.45) is 0 Å². The number of methoxy groups -OCH3 is 1. The zero-order valence-corrected chi connectivity index (χ0v) is 20.0. The quantitative estimate of drug-likeness (QED) is 0.427. The number of carbonyl (C=O) groups excluding carboxylic acids is 2. The molecule has 0 atom stereocenters. The first kappa shape index (κ1) is 23.0. The molecule has 36 heavy (non-hydrogen) atoms. The molecule has 8 nitrogen and oxygen atoms in total. The van der Waals surface area contributed by atoms with Gasteiger partial charge in [-0.1, -0.05) is 30.3 Å². The predicted octanol–water partition coefficient (Wildman–Crippen LogP) is 4.34. The van der Waals surface area contributed by atoms with Gasteiger partial charge in [-0.25, -0.2) is 9.97 Å². The van der Waals surface area contributed by atoms with Gasteiger partial charge in [-0.3, -0.25) is 9.59 Å². The van der Waals surface area contributed by atoms with Gasteiger partial charge in [0, 0.05) is 42.2 Å². The van der Waals surface area contributed by atoms with Crippen LogP contribution in [0.1, 0.15) is 21.5 Å². The minimum atomic E-state index is -0.163. The van der Waals surface area contributed by atoms with Crippen molar-refractivity contribution in [3.05, 3.63) is 95.7 Å². The molecule has 0 aliphatic carbocycles. The Morgan fingerprint density at radius 1 is 1.03 bits per heavy atom. The van der Waals surface area contributed by atoms with Crippen LogP contribution >= 0.6 is 0 Å². The molecule has 4 aromatic rings. The number of amides is 2. The van der Waals surface area contributed by atoms with Crippen LogP contribution in [-0.4, -0.2) is 35.9 Å². The van der Waals surface area contributed by atoms with Gasteiger partial charge in [-0.05, 0) is 48.0 Å². The number of hydrogen-bond donors (Lipinski definition) is 2. The molecule has 8 heteroatoms. The Morgan fingerprint density at radius 3 is 2.53 bits per heavy atom. The standard InChI is InChI=1S/C28H25N5O3/c1-33-24-6-4-3-5-23(24)26-20(15-25(33)34)17-30-28(32-26)31-21-11-9-19(10-12-21)27(35)29-16-18-7-13-22(36-2)14-8-18/h3-14,17H,15-16H2,1-2H3,(H,29,35)(H,30,31,32). The molecule has 1 aliphatic heterocycles. The molecular weight excluding hydrogens is 454 g/mol. The van der Waals surface area contributed by atoms with Crippen molar-refractivity contribution in [2.45, 2.75) is 13.0 Å². The Hall–Kier alpha value is -4.72. The molecule has 0 radical (unpaired) electrons. The van der Waals surface area contributed by atoms with E-state index in [1.807, 2.05) is 60.7 Å². The van der Waals surface area contributed by atoms with Crippen LogP contribution < -0.4 is 20.3 Å². The minimum absolute atomic E-state index is 0.00800. The Balaban J connectivity index is 1.29. The summed E-state index contributed by atoms with van der Waals surface area (Å²) < 4.78 is 5.16. The lowest BCUT2D eigenvalue weighted by atomic mass is 10.1. The lowest BCUT2D eigenvalue weighted by Gasteiger charge is -2.16. The van der Waals surface area contributed by atoms with Crippen LogP contribution in [0.5, 0.6) is 5.75 Å². The topological polar surface area (TPSA) is 96.4 Å². The first-order valence-corrected chi connectivity index (χ1v) is 11.5. The summed E-state index contributed by atoms with van der Waals surface area (Å²) in [5.74, 6) is 1.02. The number of likely N-dealkylation sites (N-methyl/N-ethyl adjacent to an activating group) is 1. The number of para-hydroxylation sites is 1. The van der Waals surface area contributed by atoms with Gasteiger partial charge in [0.2, 0.25) is 11.9 Å². The zero-order chi connectivity index (χ0) is 25.1. The highest BCUT2D eigenvalue weighted by Gasteiger charge is 2.24. The number of carbonyl (C=O) groups is 2. The fourth-order valence-electron chi connectivity index (χ4n) is 4.07. The number of nitrogens with one attached hydrogen (secondary N) is 2. The number of nitrogens with zero attached hydrogens (tertiary/aromatic N) is 3. The molecule has 1 aliphatic rings. The van der Waals surface area contributed by atoms with E-state index < -0.39 is 0 Å². The molecule has 3 aromatic carbocycles. The number of benzene rings is 3. The van der Waals surface area contributed by atoms with E-state index in [1.165, 1.54) is 0 Å². The Kier molecular flexibility index (Phi) is 6.32. The van der Waals surface area contributed by atoms with Gasteiger partial charge in [-0.15, -0.1) is 0 Å². The third-order valence-corrected chi connectivity index (χ3v) is 6.12. The van der Waals surface area contributed by atoms with Crippen LogP contribution in [-0.2, 0) is 17.8 Å². The largest absolute Gasteiger partial charge is 0.497 e.